The third kappa shape index (κ3) is 4.15. The van der Waals surface area contributed by atoms with Crippen LogP contribution in [0, 0.1) is 0 Å². The first-order valence-corrected chi connectivity index (χ1v) is 10.6. The van der Waals surface area contributed by atoms with Crippen molar-refractivity contribution in [2.24, 2.45) is 0 Å². The van der Waals surface area contributed by atoms with Crippen LogP contribution in [0.5, 0.6) is 5.75 Å². The molecule has 0 aliphatic carbocycles. The van der Waals surface area contributed by atoms with Gasteiger partial charge in [0.05, 0.1) is 17.5 Å². The van der Waals surface area contributed by atoms with Crippen LogP contribution in [0.1, 0.15) is 38.2 Å². The van der Waals surface area contributed by atoms with Crippen LogP contribution in [0.2, 0.25) is 0 Å². The number of carbonyl (C=O) groups excluding carboxylic acids is 1. The van der Waals surface area contributed by atoms with Crippen LogP contribution in [0.25, 0.3) is 0 Å². The van der Waals surface area contributed by atoms with Crippen molar-refractivity contribution in [3.8, 4) is 5.75 Å². The van der Waals surface area contributed by atoms with E-state index in [-0.39, 0.29) is 23.1 Å². The maximum absolute atomic E-state index is 13.3. The molecule has 1 unspecified atom stereocenters. The van der Waals surface area contributed by atoms with Crippen LogP contribution < -0.4 is 9.64 Å². The molecule has 3 aromatic rings. The summed E-state index contributed by atoms with van der Waals surface area (Å²) >= 11 is 1.35. The number of carbonyl (C=O) groups is 1. The topological polar surface area (TPSA) is 71.1 Å². The average Bonchev–Trinajstić information content (AvgIpc) is 3.21. The molecule has 7 heteroatoms. The first-order chi connectivity index (χ1) is 13.9. The molecule has 0 saturated carbocycles. The Balaban J connectivity index is 1.57. The van der Waals surface area contributed by atoms with E-state index in [9.17, 15) is 4.79 Å². The summed E-state index contributed by atoms with van der Waals surface area (Å²) in [5, 5.41) is 7.81. The minimum absolute atomic E-state index is 0.00158. The van der Waals surface area contributed by atoms with E-state index in [0.717, 1.165) is 22.8 Å². The van der Waals surface area contributed by atoms with Gasteiger partial charge in [0.15, 0.2) is 0 Å². The van der Waals surface area contributed by atoms with Gasteiger partial charge in [0.25, 0.3) is 0 Å². The number of hydrogen-bond acceptors (Lipinski definition) is 5. The molecule has 1 aromatic heterocycles. The summed E-state index contributed by atoms with van der Waals surface area (Å²) in [5.74, 6) is 1.79. The quantitative estimate of drug-likeness (QED) is 0.650. The Bertz CT molecular complexity index is 997. The number of H-pyrrole nitrogens is 1. The fraction of sp³-hybridized carbons (Fsp3) is 0.318. The standard InChI is InChI=1S/C22H24N4O2S/c1-22(2,3)20-23-21(25-24-20)29-14-19(27)26-16-11-7-8-12-18(16)28-13-17(26)15-9-5-4-6-10-15/h4-12,17H,13-14H2,1-3H3,(H,23,24,25). The molecule has 4 rings (SSSR count). The Morgan fingerprint density at radius 2 is 1.90 bits per heavy atom. The Morgan fingerprint density at radius 1 is 1.17 bits per heavy atom. The summed E-state index contributed by atoms with van der Waals surface area (Å²) in [6.45, 7) is 6.64. The van der Waals surface area contributed by atoms with Crippen LogP contribution in [-0.2, 0) is 10.2 Å². The minimum Gasteiger partial charge on any atom is -0.489 e. The van der Waals surface area contributed by atoms with Crippen LogP contribution in [0.15, 0.2) is 59.8 Å². The number of thioether (sulfide) groups is 1. The molecular weight excluding hydrogens is 384 g/mol. The maximum atomic E-state index is 13.3. The first kappa shape index (κ1) is 19.5. The maximum Gasteiger partial charge on any atom is 0.238 e. The van der Waals surface area contributed by atoms with Gasteiger partial charge in [-0.1, -0.05) is 75.0 Å². The second-order valence-electron chi connectivity index (χ2n) is 7.97. The Labute approximate surface area is 174 Å². The van der Waals surface area contributed by atoms with E-state index in [0.29, 0.717) is 11.8 Å². The van der Waals surface area contributed by atoms with Gasteiger partial charge in [-0.15, -0.1) is 5.10 Å². The van der Waals surface area contributed by atoms with E-state index in [4.69, 9.17) is 4.74 Å². The monoisotopic (exact) mass is 408 g/mol. The lowest BCUT2D eigenvalue weighted by molar-refractivity contribution is -0.117. The Kier molecular flexibility index (Phi) is 5.32. The van der Waals surface area contributed by atoms with Crippen molar-refractivity contribution in [1.29, 1.82) is 0 Å². The highest BCUT2D eigenvalue weighted by Gasteiger charge is 2.33. The van der Waals surface area contributed by atoms with Gasteiger partial charge in [-0.2, -0.15) is 0 Å². The predicted molar refractivity (Wildman–Crippen MR) is 114 cm³/mol. The van der Waals surface area contributed by atoms with E-state index in [2.05, 4.69) is 36.0 Å². The summed E-state index contributed by atoms with van der Waals surface area (Å²) in [7, 11) is 0. The van der Waals surface area contributed by atoms with Gasteiger partial charge in [0, 0.05) is 5.41 Å². The molecule has 0 radical (unpaired) electrons. The van der Waals surface area contributed by atoms with Crippen molar-refractivity contribution in [2.45, 2.75) is 37.4 Å². The molecule has 0 spiro atoms. The molecule has 1 amide bonds. The third-order valence-corrected chi connectivity index (χ3v) is 5.62. The van der Waals surface area contributed by atoms with Crippen LogP contribution >= 0.6 is 11.8 Å². The number of nitrogens with one attached hydrogen (secondary N) is 1. The van der Waals surface area contributed by atoms with E-state index in [1.807, 2.05) is 59.5 Å². The fourth-order valence-corrected chi connectivity index (χ4v) is 3.92. The molecule has 6 nitrogen and oxygen atoms in total. The predicted octanol–water partition coefficient (Wildman–Crippen LogP) is 4.36. The van der Waals surface area contributed by atoms with Crippen molar-refractivity contribution in [3.63, 3.8) is 0 Å². The molecule has 2 heterocycles. The average molecular weight is 409 g/mol. The highest BCUT2D eigenvalue weighted by Crippen LogP contribution is 2.39. The molecule has 29 heavy (non-hydrogen) atoms. The first-order valence-electron chi connectivity index (χ1n) is 9.58. The SMILES string of the molecule is CC(C)(C)c1nc(SCC(=O)N2c3ccccc3OCC2c2ccccc2)n[nH]1. The van der Waals surface area contributed by atoms with Crippen LogP contribution in [0.3, 0.4) is 0 Å². The number of aromatic amines is 1. The molecule has 150 valence electrons. The Morgan fingerprint density at radius 3 is 2.62 bits per heavy atom. The zero-order valence-corrected chi connectivity index (χ0v) is 17.6. The molecule has 1 atom stereocenters. The van der Waals surface area contributed by atoms with E-state index < -0.39 is 0 Å². The lowest BCUT2D eigenvalue weighted by Gasteiger charge is -2.37. The molecular formula is C22H24N4O2S. The smallest absolute Gasteiger partial charge is 0.238 e. The second-order valence-corrected chi connectivity index (χ2v) is 8.92. The zero-order valence-electron chi connectivity index (χ0n) is 16.8. The van der Waals surface area contributed by atoms with Crippen molar-refractivity contribution in [2.75, 3.05) is 17.3 Å². The van der Waals surface area contributed by atoms with Crippen molar-refractivity contribution < 1.29 is 9.53 Å². The molecule has 1 N–H and O–H groups in total. The lowest BCUT2D eigenvalue weighted by Crippen LogP contribution is -2.42. The zero-order chi connectivity index (χ0) is 20.4. The number of benzene rings is 2. The summed E-state index contributed by atoms with van der Waals surface area (Å²) < 4.78 is 5.94. The van der Waals surface area contributed by atoms with Crippen LogP contribution in [0.4, 0.5) is 5.69 Å². The van der Waals surface area contributed by atoms with E-state index in [1.165, 1.54) is 11.8 Å². The summed E-state index contributed by atoms with van der Waals surface area (Å²) in [6.07, 6.45) is 0. The molecule has 2 aromatic carbocycles. The molecule has 0 saturated heterocycles. The molecule has 1 aliphatic rings. The van der Waals surface area contributed by atoms with Gasteiger partial charge >= 0.3 is 0 Å². The highest BCUT2D eigenvalue weighted by molar-refractivity contribution is 7.99. The second kappa shape index (κ2) is 7.91. The summed E-state index contributed by atoms with van der Waals surface area (Å²) in [6, 6.07) is 17.5. The third-order valence-electron chi connectivity index (χ3n) is 4.79. The number of ether oxygens (including phenoxy) is 1. The number of nitrogens with zero attached hydrogens (tertiary/aromatic N) is 3. The van der Waals surface area contributed by atoms with Gasteiger partial charge in [0.2, 0.25) is 11.1 Å². The lowest BCUT2D eigenvalue weighted by atomic mass is 9.96. The van der Waals surface area contributed by atoms with Gasteiger partial charge in [-0.3, -0.25) is 14.8 Å². The number of hydrogen-bond donors (Lipinski definition) is 1. The summed E-state index contributed by atoms with van der Waals surface area (Å²) in [4.78, 5) is 19.7. The van der Waals surface area contributed by atoms with Crippen LogP contribution in [-0.4, -0.2) is 33.4 Å². The highest BCUT2D eigenvalue weighted by atomic mass is 32.2. The van der Waals surface area contributed by atoms with Crippen molar-refractivity contribution in [1.82, 2.24) is 15.2 Å². The molecule has 1 aliphatic heterocycles. The molecule has 0 bridgehead atoms. The summed E-state index contributed by atoms with van der Waals surface area (Å²) in [5.41, 5.74) is 1.73. The van der Waals surface area contributed by atoms with Gasteiger partial charge in [-0.25, -0.2) is 4.98 Å². The number of fused-ring (bicyclic) bond motifs is 1. The fourth-order valence-electron chi connectivity index (χ4n) is 3.26. The van der Waals surface area contributed by atoms with E-state index in [1.54, 1.807) is 0 Å². The minimum atomic E-state index is -0.170. The van der Waals surface area contributed by atoms with E-state index >= 15 is 0 Å². The van der Waals surface area contributed by atoms with Crippen molar-refractivity contribution >= 4 is 23.4 Å². The number of rotatable bonds is 4. The normalized spacial score (nSPS) is 16.2. The largest absolute Gasteiger partial charge is 0.489 e. The van der Waals surface area contributed by atoms with Gasteiger partial charge < -0.3 is 4.74 Å². The van der Waals surface area contributed by atoms with Gasteiger partial charge in [-0.05, 0) is 17.7 Å². The number of amides is 1. The number of aromatic nitrogens is 3. The Hall–Kier alpha value is -2.80. The molecule has 0 fully saturated rings. The van der Waals surface area contributed by atoms with Crippen molar-refractivity contribution in [3.05, 3.63) is 66.0 Å². The number of para-hydroxylation sites is 2. The van der Waals surface area contributed by atoms with Gasteiger partial charge in [0.1, 0.15) is 18.2 Å². The number of anilines is 1.